The zero-order valence-corrected chi connectivity index (χ0v) is 11.0. The highest BCUT2D eigenvalue weighted by atomic mass is 15.1. The Balaban J connectivity index is 2.15. The monoisotopic (exact) mass is 223 g/mol. The Morgan fingerprint density at radius 2 is 2.19 bits per heavy atom. The second-order valence-corrected chi connectivity index (χ2v) is 4.75. The maximum Gasteiger partial charge on any atom is 0.0522 e. The van der Waals surface area contributed by atoms with Crippen LogP contribution in [-0.2, 0) is 6.42 Å². The molecule has 2 N–H and O–H groups in total. The van der Waals surface area contributed by atoms with Gasteiger partial charge in [-0.05, 0) is 44.7 Å². The molecule has 1 aromatic rings. The molecule has 1 aromatic heterocycles. The van der Waals surface area contributed by atoms with Crippen LogP contribution >= 0.6 is 0 Å². The summed E-state index contributed by atoms with van der Waals surface area (Å²) in [5, 5.41) is 10.6. The van der Waals surface area contributed by atoms with Gasteiger partial charge in [0.05, 0.1) is 6.20 Å². The van der Waals surface area contributed by atoms with Gasteiger partial charge in [0.1, 0.15) is 0 Å². The van der Waals surface area contributed by atoms with Crippen molar-refractivity contribution in [1.29, 1.82) is 0 Å². The molecule has 3 nitrogen and oxygen atoms in total. The van der Waals surface area contributed by atoms with Crippen molar-refractivity contribution in [1.82, 2.24) is 15.5 Å². The van der Waals surface area contributed by atoms with E-state index in [1.165, 1.54) is 24.1 Å². The van der Waals surface area contributed by atoms with Crippen molar-refractivity contribution in [3.8, 4) is 0 Å². The first-order chi connectivity index (χ1) is 7.65. The molecule has 0 radical (unpaired) electrons. The molecule has 0 aliphatic carbocycles. The van der Waals surface area contributed by atoms with Gasteiger partial charge >= 0.3 is 0 Å². The lowest BCUT2D eigenvalue weighted by molar-refractivity contribution is 0.389. The molecule has 1 heterocycles. The second kappa shape index (κ2) is 6.69. The van der Waals surface area contributed by atoms with Gasteiger partial charge in [-0.2, -0.15) is 5.10 Å². The maximum absolute atomic E-state index is 4.03. The number of aryl methyl sites for hydroxylation is 2. The highest BCUT2D eigenvalue weighted by molar-refractivity contribution is 5.14. The van der Waals surface area contributed by atoms with Gasteiger partial charge in [-0.25, -0.2) is 0 Å². The van der Waals surface area contributed by atoms with Crippen LogP contribution in [0.3, 0.4) is 0 Å². The van der Waals surface area contributed by atoms with E-state index in [-0.39, 0.29) is 0 Å². The molecule has 1 rings (SSSR count). The van der Waals surface area contributed by atoms with E-state index in [9.17, 15) is 0 Å². The van der Waals surface area contributed by atoms with E-state index in [0.29, 0.717) is 6.04 Å². The molecule has 0 saturated heterocycles. The van der Waals surface area contributed by atoms with Crippen molar-refractivity contribution in [3.63, 3.8) is 0 Å². The lowest BCUT2D eigenvalue weighted by Gasteiger charge is -2.19. The summed E-state index contributed by atoms with van der Waals surface area (Å²) in [5.74, 6) is 0.760. The van der Waals surface area contributed by atoms with Crippen LogP contribution in [0.4, 0.5) is 0 Å². The van der Waals surface area contributed by atoms with Gasteiger partial charge in [0, 0.05) is 11.7 Å². The largest absolute Gasteiger partial charge is 0.314 e. The summed E-state index contributed by atoms with van der Waals surface area (Å²) in [5.41, 5.74) is 2.55. The highest BCUT2D eigenvalue weighted by Gasteiger charge is 2.08. The summed E-state index contributed by atoms with van der Waals surface area (Å²) >= 11 is 0. The van der Waals surface area contributed by atoms with Crippen molar-refractivity contribution < 1.29 is 0 Å². The molecular weight excluding hydrogens is 198 g/mol. The lowest BCUT2D eigenvalue weighted by Crippen LogP contribution is -2.32. The molecule has 0 aliphatic rings. The summed E-state index contributed by atoms with van der Waals surface area (Å²) in [6.07, 6.45) is 5.48. The number of H-pyrrole nitrogens is 1. The summed E-state index contributed by atoms with van der Waals surface area (Å²) in [6, 6.07) is 0.621. The number of nitrogens with one attached hydrogen (secondary N) is 2. The van der Waals surface area contributed by atoms with Crippen molar-refractivity contribution in [2.45, 2.75) is 53.0 Å². The molecule has 2 unspecified atom stereocenters. The Labute approximate surface area is 99.0 Å². The fraction of sp³-hybridized carbons (Fsp3) is 0.769. The van der Waals surface area contributed by atoms with E-state index in [0.717, 1.165) is 18.9 Å². The summed E-state index contributed by atoms with van der Waals surface area (Å²) in [6.45, 7) is 10.0. The molecule has 16 heavy (non-hydrogen) atoms. The fourth-order valence-electron chi connectivity index (χ4n) is 1.79. The molecule has 92 valence electrons. The second-order valence-electron chi connectivity index (χ2n) is 4.75. The molecule has 0 saturated carbocycles. The molecule has 0 bridgehead atoms. The molecule has 0 spiro atoms. The van der Waals surface area contributed by atoms with Crippen molar-refractivity contribution in [2.75, 3.05) is 6.54 Å². The molecule has 2 atom stereocenters. The van der Waals surface area contributed by atoms with Crippen LogP contribution in [0.2, 0.25) is 0 Å². The van der Waals surface area contributed by atoms with Gasteiger partial charge in [0.15, 0.2) is 0 Å². The SMILES string of the molecule is CCC(C)C(C)NCCCc1cn[nH]c1C. The Morgan fingerprint density at radius 3 is 2.75 bits per heavy atom. The predicted octanol–water partition coefficient (Wildman–Crippen LogP) is 2.67. The first kappa shape index (κ1) is 13.2. The Hall–Kier alpha value is -0.830. The molecule has 0 amide bonds. The van der Waals surface area contributed by atoms with E-state index >= 15 is 0 Å². The minimum absolute atomic E-state index is 0.621. The maximum atomic E-state index is 4.03. The molecule has 0 aromatic carbocycles. The number of rotatable bonds is 7. The zero-order valence-electron chi connectivity index (χ0n) is 11.0. The average Bonchev–Trinajstić information content (AvgIpc) is 2.69. The van der Waals surface area contributed by atoms with Crippen molar-refractivity contribution in [3.05, 3.63) is 17.5 Å². The fourth-order valence-corrected chi connectivity index (χ4v) is 1.79. The molecule has 0 aliphatic heterocycles. The predicted molar refractivity (Wildman–Crippen MR) is 68.6 cm³/mol. The van der Waals surface area contributed by atoms with Gasteiger partial charge in [-0.1, -0.05) is 20.3 Å². The topological polar surface area (TPSA) is 40.7 Å². The van der Waals surface area contributed by atoms with Crippen LogP contribution in [-0.4, -0.2) is 22.8 Å². The minimum Gasteiger partial charge on any atom is -0.314 e. The van der Waals surface area contributed by atoms with E-state index < -0.39 is 0 Å². The number of aromatic nitrogens is 2. The minimum atomic E-state index is 0.621. The van der Waals surface area contributed by atoms with Gasteiger partial charge in [0.25, 0.3) is 0 Å². The average molecular weight is 223 g/mol. The van der Waals surface area contributed by atoms with Crippen molar-refractivity contribution >= 4 is 0 Å². The van der Waals surface area contributed by atoms with Crippen LogP contribution < -0.4 is 5.32 Å². The van der Waals surface area contributed by atoms with Crippen molar-refractivity contribution in [2.24, 2.45) is 5.92 Å². The molecule has 3 heteroatoms. The third-order valence-corrected chi connectivity index (χ3v) is 3.52. The van der Waals surface area contributed by atoms with E-state index in [1.54, 1.807) is 0 Å². The first-order valence-electron chi connectivity index (χ1n) is 6.37. The van der Waals surface area contributed by atoms with Gasteiger partial charge in [-0.15, -0.1) is 0 Å². The van der Waals surface area contributed by atoms with Crippen LogP contribution in [0, 0.1) is 12.8 Å². The summed E-state index contributed by atoms with van der Waals surface area (Å²) in [7, 11) is 0. The van der Waals surface area contributed by atoms with Crippen LogP contribution in [0.15, 0.2) is 6.20 Å². The van der Waals surface area contributed by atoms with E-state index in [2.05, 4.69) is 43.2 Å². The smallest absolute Gasteiger partial charge is 0.0522 e. The summed E-state index contributed by atoms with van der Waals surface area (Å²) < 4.78 is 0. The van der Waals surface area contributed by atoms with Crippen LogP contribution in [0.1, 0.15) is 44.9 Å². The van der Waals surface area contributed by atoms with E-state index in [4.69, 9.17) is 0 Å². The lowest BCUT2D eigenvalue weighted by atomic mass is 10.0. The normalized spacial score (nSPS) is 15.0. The van der Waals surface area contributed by atoms with Crippen LogP contribution in [0.25, 0.3) is 0 Å². The van der Waals surface area contributed by atoms with Crippen LogP contribution in [0.5, 0.6) is 0 Å². The Kier molecular flexibility index (Phi) is 5.53. The van der Waals surface area contributed by atoms with Gasteiger partial charge < -0.3 is 5.32 Å². The molecule has 0 fully saturated rings. The Morgan fingerprint density at radius 1 is 1.44 bits per heavy atom. The van der Waals surface area contributed by atoms with E-state index in [1.807, 2.05) is 6.20 Å². The highest BCUT2D eigenvalue weighted by Crippen LogP contribution is 2.08. The van der Waals surface area contributed by atoms with Gasteiger partial charge in [-0.3, -0.25) is 5.10 Å². The number of aromatic amines is 1. The molecular formula is C13H25N3. The van der Waals surface area contributed by atoms with Gasteiger partial charge in [0.2, 0.25) is 0 Å². The number of hydrogen-bond acceptors (Lipinski definition) is 2. The standard InChI is InChI=1S/C13H25N3/c1-5-10(2)11(3)14-8-6-7-13-9-15-16-12(13)4/h9-11,14H,5-8H2,1-4H3,(H,15,16). The third kappa shape index (κ3) is 3.97. The third-order valence-electron chi connectivity index (χ3n) is 3.52. The summed E-state index contributed by atoms with van der Waals surface area (Å²) in [4.78, 5) is 0. The zero-order chi connectivity index (χ0) is 12.0. The quantitative estimate of drug-likeness (QED) is 0.698. The number of nitrogens with zero attached hydrogens (tertiary/aromatic N) is 1. The number of hydrogen-bond donors (Lipinski definition) is 2. The first-order valence-corrected chi connectivity index (χ1v) is 6.37. The Bertz CT molecular complexity index is 293.